The van der Waals surface area contributed by atoms with Crippen LogP contribution in [-0.2, 0) is 6.42 Å². The highest BCUT2D eigenvalue weighted by atomic mass is 16.7. The van der Waals surface area contributed by atoms with Gasteiger partial charge < -0.3 is 19.5 Å². The smallest absolute Gasteiger partial charge is 0.231 e. The molecule has 3 rings (SSSR count). The monoisotopic (exact) mass is 263 g/mol. The first-order valence-corrected chi connectivity index (χ1v) is 7.04. The summed E-state index contributed by atoms with van der Waals surface area (Å²) < 4.78 is 16.3. The first kappa shape index (κ1) is 12.6. The van der Waals surface area contributed by atoms with Crippen molar-refractivity contribution in [2.24, 2.45) is 5.92 Å². The molecule has 1 aromatic carbocycles. The summed E-state index contributed by atoms with van der Waals surface area (Å²) in [4.78, 5) is 0. The second-order valence-electron chi connectivity index (χ2n) is 5.26. The fourth-order valence-corrected chi connectivity index (χ4v) is 2.87. The number of methoxy groups -OCH3 is 1. The Morgan fingerprint density at radius 3 is 2.89 bits per heavy atom. The number of rotatable bonds is 4. The lowest BCUT2D eigenvalue weighted by Gasteiger charge is -2.22. The molecule has 19 heavy (non-hydrogen) atoms. The van der Waals surface area contributed by atoms with Crippen LogP contribution < -0.4 is 19.5 Å². The lowest BCUT2D eigenvalue weighted by molar-refractivity contribution is 0.171. The Labute approximate surface area is 114 Å². The van der Waals surface area contributed by atoms with E-state index < -0.39 is 0 Å². The van der Waals surface area contributed by atoms with Crippen molar-refractivity contribution < 1.29 is 14.2 Å². The van der Waals surface area contributed by atoms with Gasteiger partial charge in [0.1, 0.15) is 0 Å². The maximum Gasteiger partial charge on any atom is 0.231 e. The molecule has 0 radical (unpaired) electrons. The van der Waals surface area contributed by atoms with Gasteiger partial charge in [0.2, 0.25) is 12.5 Å². The molecule has 0 atom stereocenters. The van der Waals surface area contributed by atoms with Gasteiger partial charge in [0.05, 0.1) is 7.11 Å². The molecule has 1 saturated heterocycles. The van der Waals surface area contributed by atoms with Crippen LogP contribution in [0.1, 0.15) is 24.8 Å². The predicted molar refractivity (Wildman–Crippen MR) is 73.0 cm³/mol. The minimum Gasteiger partial charge on any atom is -0.493 e. The van der Waals surface area contributed by atoms with E-state index in [-0.39, 0.29) is 0 Å². The lowest BCUT2D eigenvalue weighted by atomic mass is 9.91. The van der Waals surface area contributed by atoms with Crippen LogP contribution in [-0.4, -0.2) is 27.0 Å². The number of nitrogens with one attached hydrogen (secondary N) is 1. The number of aryl methyl sites for hydroxylation is 1. The second-order valence-corrected chi connectivity index (χ2v) is 5.26. The van der Waals surface area contributed by atoms with E-state index in [1.54, 1.807) is 7.11 Å². The van der Waals surface area contributed by atoms with Gasteiger partial charge in [0, 0.05) is 0 Å². The number of hydrogen-bond donors (Lipinski definition) is 1. The average Bonchev–Trinajstić information content (AvgIpc) is 2.93. The van der Waals surface area contributed by atoms with Crippen LogP contribution in [0.4, 0.5) is 0 Å². The number of benzene rings is 1. The SMILES string of the molecule is COc1cc(CCC2CCNCC2)cc2c1OCO2. The highest BCUT2D eigenvalue weighted by molar-refractivity contribution is 5.55. The van der Waals surface area contributed by atoms with E-state index in [0.717, 1.165) is 42.7 Å². The minimum absolute atomic E-state index is 0.295. The van der Waals surface area contributed by atoms with Gasteiger partial charge >= 0.3 is 0 Å². The van der Waals surface area contributed by atoms with Gasteiger partial charge in [-0.2, -0.15) is 0 Å². The van der Waals surface area contributed by atoms with E-state index in [2.05, 4.69) is 17.4 Å². The molecule has 0 bridgehead atoms. The number of hydrogen-bond acceptors (Lipinski definition) is 4. The summed E-state index contributed by atoms with van der Waals surface area (Å²) in [5.41, 5.74) is 1.28. The maximum atomic E-state index is 5.46. The van der Waals surface area contributed by atoms with Crippen molar-refractivity contribution in [3.05, 3.63) is 17.7 Å². The summed E-state index contributed by atoms with van der Waals surface area (Å²) in [5.74, 6) is 3.20. The molecule has 4 heteroatoms. The Kier molecular flexibility index (Phi) is 3.78. The second kappa shape index (κ2) is 5.70. The van der Waals surface area contributed by atoms with Gasteiger partial charge in [0.15, 0.2) is 11.5 Å². The molecule has 0 amide bonds. The molecule has 0 unspecified atom stereocenters. The molecule has 4 nitrogen and oxygen atoms in total. The summed E-state index contributed by atoms with van der Waals surface area (Å²) in [6, 6.07) is 4.17. The van der Waals surface area contributed by atoms with Gasteiger partial charge in [-0.15, -0.1) is 0 Å². The van der Waals surface area contributed by atoms with Gasteiger partial charge in [-0.1, -0.05) is 0 Å². The third-order valence-corrected chi connectivity index (χ3v) is 4.02. The van der Waals surface area contributed by atoms with Crippen LogP contribution in [0.3, 0.4) is 0 Å². The Hall–Kier alpha value is -1.42. The molecular weight excluding hydrogens is 242 g/mol. The predicted octanol–water partition coefficient (Wildman–Crippen LogP) is 2.36. The normalized spacial score (nSPS) is 18.6. The molecule has 2 heterocycles. The van der Waals surface area contributed by atoms with Crippen molar-refractivity contribution in [3.63, 3.8) is 0 Å². The average molecular weight is 263 g/mol. The summed E-state index contributed by atoms with van der Waals surface area (Å²) in [6.45, 7) is 2.62. The van der Waals surface area contributed by atoms with Crippen LogP contribution in [0.25, 0.3) is 0 Å². The van der Waals surface area contributed by atoms with Crippen LogP contribution in [0.2, 0.25) is 0 Å². The molecule has 0 aromatic heterocycles. The molecule has 0 aliphatic carbocycles. The lowest BCUT2D eigenvalue weighted by Crippen LogP contribution is -2.27. The number of ether oxygens (including phenoxy) is 3. The van der Waals surface area contributed by atoms with E-state index in [4.69, 9.17) is 14.2 Å². The Balaban J connectivity index is 1.67. The zero-order valence-corrected chi connectivity index (χ0v) is 11.4. The topological polar surface area (TPSA) is 39.7 Å². The largest absolute Gasteiger partial charge is 0.493 e. The van der Waals surface area contributed by atoms with Crippen molar-refractivity contribution in [1.82, 2.24) is 5.32 Å². The van der Waals surface area contributed by atoms with Crippen LogP contribution >= 0.6 is 0 Å². The van der Waals surface area contributed by atoms with Crippen molar-refractivity contribution in [2.45, 2.75) is 25.7 Å². The van der Waals surface area contributed by atoms with E-state index in [0.29, 0.717) is 6.79 Å². The molecule has 2 aliphatic heterocycles. The van der Waals surface area contributed by atoms with Crippen LogP contribution in [0.5, 0.6) is 17.2 Å². The molecular formula is C15H21NO3. The summed E-state index contributed by atoms with van der Waals surface area (Å²) in [6.07, 6.45) is 4.91. The standard InChI is InChI=1S/C15H21NO3/c1-17-13-8-12(9-14-15(13)19-10-18-14)3-2-11-4-6-16-7-5-11/h8-9,11,16H,2-7,10H2,1H3. The molecule has 0 saturated carbocycles. The van der Waals surface area contributed by atoms with Crippen molar-refractivity contribution in [2.75, 3.05) is 27.0 Å². The van der Waals surface area contributed by atoms with E-state index in [1.165, 1.54) is 24.8 Å². The highest BCUT2D eigenvalue weighted by Crippen LogP contribution is 2.42. The molecule has 1 N–H and O–H groups in total. The first-order valence-electron chi connectivity index (χ1n) is 7.04. The first-order chi connectivity index (χ1) is 9.36. The zero-order chi connectivity index (χ0) is 13.1. The highest BCUT2D eigenvalue weighted by Gasteiger charge is 2.20. The zero-order valence-electron chi connectivity index (χ0n) is 11.4. The molecule has 1 aromatic rings. The molecule has 104 valence electrons. The van der Waals surface area contributed by atoms with Crippen LogP contribution in [0.15, 0.2) is 12.1 Å². The Morgan fingerprint density at radius 1 is 1.26 bits per heavy atom. The third kappa shape index (κ3) is 2.78. The van der Waals surface area contributed by atoms with E-state index in [1.807, 2.05) is 0 Å². The fraction of sp³-hybridized carbons (Fsp3) is 0.600. The summed E-state index contributed by atoms with van der Waals surface area (Å²) >= 11 is 0. The number of piperidine rings is 1. The van der Waals surface area contributed by atoms with Gasteiger partial charge in [-0.05, 0) is 62.4 Å². The fourth-order valence-electron chi connectivity index (χ4n) is 2.87. The van der Waals surface area contributed by atoms with Crippen molar-refractivity contribution in [1.29, 1.82) is 0 Å². The van der Waals surface area contributed by atoms with Gasteiger partial charge in [0.25, 0.3) is 0 Å². The summed E-state index contributed by atoms with van der Waals surface area (Å²) in [7, 11) is 1.67. The van der Waals surface area contributed by atoms with Gasteiger partial charge in [-0.25, -0.2) is 0 Å². The Morgan fingerprint density at radius 2 is 2.11 bits per heavy atom. The minimum atomic E-state index is 0.295. The van der Waals surface area contributed by atoms with E-state index >= 15 is 0 Å². The molecule has 0 spiro atoms. The van der Waals surface area contributed by atoms with Crippen molar-refractivity contribution >= 4 is 0 Å². The van der Waals surface area contributed by atoms with Crippen molar-refractivity contribution in [3.8, 4) is 17.2 Å². The molecule has 1 fully saturated rings. The molecule has 2 aliphatic rings. The summed E-state index contributed by atoms with van der Waals surface area (Å²) in [5, 5.41) is 3.41. The quantitative estimate of drug-likeness (QED) is 0.905. The number of fused-ring (bicyclic) bond motifs is 1. The van der Waals surface area contributed by atoms with E-state index in [9.17, 15) is 0 Å². The Bertz CT molecular complexity index is 441. The van der Waals surface area contributed by atoms with Crippen LogP contribution in [0, 0.1) is 5.92 Å². The third-order valence-electron chi connectivity index (χ3n) is 4.02. The maximum absolute atomic E-state index is 5.46. The van der Waals surface area contributed by atoms with Gasteiger partial charge in [-0.3, -0.25) is 0 Å².